The van der Waals surface area contributed by atoms with E-state index in [1.165, 1.54) is 24.8 Å². The van der Waals surface area contributed by atoms with Crippen molar-refractivity contribution in [2.45, 2.75) is 45.6 Å². The van der Waals surface area contributed by atoms with E-state index >= 15 is 0 Å². The molecule has 0 aromatic heterocycles. The molecular formula is C16H24ClN. The summed E-state index contributed by atoms with van der Waals surface area (Å²) in [6.07, 6.45) is 4.89. The molecule has 0 saturated heterocycles. The van der Waals surface area contributed by atoms with Gasteiger partial charge in [0, 0.05) is 11.1 Å². The minimum atomic E-state index is 0.293. The number of hydrogen-bond donors (Lipinski definition) is 1. The molecule has 2 rings (SSSR count). The molecule has 4 unspecified atom stereocenters. The van der Waals surface area contributed by atoms with Crippen molar-refractivity contribution in [2.75, 3.05) is 0 Å². The van der Waals surface area contributed by atoms with Gasteiger partial charge in [-0.25, -0.2) is 0 Å². The average Bonchev–Trinajstić information content (AvgIpc) is 2.35. The molecule has 4 atom stereocenters. The molecule has 0 bridgehead atoms. The van der Waals surface area contributed by atoms with Gasteiger partial charge in [-0.3, -0.25) is 0 Å². The molecule has 1 aromatic rings. The second kappa shape index (κ2) is 6.08. The van der Waals surface area contributed by atoms with Crippen molar-refractivity contribution >= 4 is 11.6 Å². The van der Waals surface area contributed by atoms with Crippen molar-refractivity contribution in [3.05, 3.63) is 34.9 Å². The third-order valence-electron chi connectivity index (χ3n) is 4.63. The molecule has 1 saturated carbocycles. The monoisotopic (exact) mass is 265 g/mol. The molecule has 18 heavy (non-hydrogen) atoms. The van der Waals surface area contributed by atoms with Crippen LogP contribution in [0.1, 0.15) is 38.7 Å². The lowest BCUT2D eigenvalue weighted by atomic mass is 9.72. The van der Waals surface area contributed by atoms with Crippen LogP contribution in [0.25, 0.3) is 0 Å². The maximum atomic E-state index is 6.39. The zero-order chi connectivity index (χ0) is 13.1. The number of nitrogens with two attached hydrogens (primary N) is 1. The van der Waals surface area contributed by atoms with E-state index in [-0.39, 0.29) is 0 Å². The van der Waals surface area contributed by atoms with E-state index in [9.17, 15) is 0 Å². The Morgan fingerprint density at radius 2 is 1.83 bits per heavy atom. The van der Waals surface area contributed by atoms with Crippen molar-refractivity contribution in [1.29, 1.82) is 0 Å². The Bertz CT molecular complexity index is 373. The SMILES string of the molecule is CC1CCC(C(N)Cc2ccc(Cl)cc2)CC1C. The Balaban J connectivity index is 1.91. The first-order valence-electron chi connectivity index (χ1n) is 7.06. The van der Waals surface area contributed by atoms with Gasteiger partial charge in [-0.1, -0.05) is 44.0 Å². The van der Waals surface area contributed by atoms with Crippen molar-refractivity contribution in [3.8, 4) is 0 Å². The van der Waals surface area contributed by atoms with Crippen molar-refractivity contribution < 1.29 is 0 Å². The number of hydrogen-bond acceptors (Lipinski definition) is 1. The Labute approximate surface area is 116 Å². The van der Waals surface area contributed by atoms with Crippen molar-refractivity contribution in [1.82, 2.24) is 0 Å². The quantitative estimate of drug-likeness (QED) is 0.867. The number of rotatable bonds is 3. The topological polar surface area (TPSA) is 26.0 Å². The zero-order valence-electron chi connectivity index (χ0n) is 11.4. The molecule has 0 spiro atoms. The second-order valence-electron chi connectivity index (χ2n) is 6.02. The minimum absolute atomic E-state index is 0.293. The van der Waals surface area contributed by atoms with Crippen LogP contribution in [0.15, 0.2) is 24.3 Å². The van der Waals surface area contributed by atoms with E-state index in [0.29, 0.717) is 12.0 Å². The summed E-state index contributed by atoms with van der Waals surface area (Å²) in [5.41, 5.74) is 7.70. The molecule has 1 nitrogen and oxygen atoms in total. The average molecular weight is 266 g/mol. The number of benzene rings is 1. The van der Waals surface area contributed by atoms with Crippen LogP contribution in [0.5, 0.6) is 0 Å². The highest BCUT2D eigenvalue weighted by atomic mass is 35.5. The fraction of sp³-hybridized carbons (Fsp3) is 0.625. The minimum Gasteiger partial charge on any atom is -0.327 e. The van der Waals surface area contributed by atoms with Crippen LogP contribution < -0.4 is 5.73 Å². The van der Waals surface area contributed by atoms with Gasteiger partial charge in [0.1, 0.15) is 0 Å². The van der Waals surface area contributed by atoms with Crippen molar-refractivity contribution in [2.24, 2.45) is 23.5 Å². The summed E-state index contributed by atoms with van der Waals surface area (Å²) in [7, 11) is 0. The summed E-state index contributed by atoms with van der Waals surface area (Å²) in [4.78, 5) is 0. The lowest BCUT2D eigenvalue weighted by Crippen LogP contribution is -2.36. The highest BCUT2D eigenvalue weighted by molar-refractivity contribution is 6.30. The van der Waals surface area contributed by atoms with E-state index in [1.54, 1.807) is 0 Å². The largest absolute Gasteiger partial charge is 0.327 e. The first kappa shape index (κ1) is 13.9. The molecule has 100 valence electrons. The maximum absolute atomic E-state index is 6.39. The smallest absolute Gasteiger partial charge is 0.0406 e. The second-order valence-corrected chi connectivity index (χ2v) is 6.46. The summed E-state index contributed by atoms with van der Waals surface area (Å²) in [6.45, 7) is 4.73. The molecule has 1 aromatic carbocycles. The van der Waals surface area contributed by atoms with Gasteiger partial charge in [-0.15, -0.1) is 0 Å². The summed E-state index contributed by atoms with van der Waals surface area (Å²) >= 11 is 5.90. The normalized spacial score (nSPS) is 30.1. The molecule has 1 fully saturated rings. The van der Waals surface area contributed by atoms with Crippen LogP contribution in [-0.4, -0.2) is 6.04 Å². The molecule has 0 aliphatic heterocycles. The molecule has 2 heteroatoms. The Kier molecular flexibility index (Phi) is 4.69. The maximum Gasteiger partial charge on any atom is 0.0406 e. The van der Waals surface area contributed by atoms with Gasteiger partial charge in [-0.05, 0) is 54.7 Å². The van der Waals surface area contributed by atoms with E-state index in [0.717, 1.165) is 23.3 Å². The predicted molar refractivity (Wildman–Crippen MR) is 78.8 cm³/mol. The van der Waals surface area contributed by atoms with Crippen LogP contribution in [0.2, 0.25) is 5.02 Å². The predicted octanol–water partition coefficient (Wildman–Crippen LogP) is 4.28. The molecule has 1 aliphatic carbocycles. The molecule has 1 aliphatic rings. The molecule has 0 heterocycles. The van der Waals surface area contributed by atoms with Gasteiger partial charge in [0.2, 0.25) is 0 Å². The summed E-state index contributed by atoms with van der Waals surface area (Å²) < 4.78 is 0. The lowest BCUT2D eigenvalue weighted by Gasteiger charge is -2.35. The Hall–Kier alpha value is -0.530. The summed E-state index contributed by atoms with van der Waals surface area (Å²) in [5.74, 6) is 2.37. The molecule has 0 radical (unpaired) electrons. The third kappa shape index (κ3) is 3.49. The van der Waals surface area contributed by atoms with Gasteiger partial charge in [-0.2, -0.15) is 0 Å². The van der Waals surface area contributed by atoms with Gasteiger partial charge < -0.3 is 5.73 Å². The van der Waals surface area contributed by atoms with Gasteiger partial charge >= 0.3 is 0 Å². The van der Waals surface area contributed by atoms with Crippen LogP contribution in [0.3, 0.4) is 0 Å². The fourth-order valence-electron chi connectivity index (χ4n) is 3.04. The highest BCUT2D eigenvalue weighted by Gasteiger charge is 2.28. The van der Waals surface area contributed by atoms with E-state index in [4.69, 9.17) is 17.3 Å². The van der Waals surface area contributed by atoms with E-state index < -0.39 is 0 Å². The van der Waals surface area contributed by atoms with Crippen LogP contribution >= 0.6 is 11.6 Å². The first-order valence-corrected chi connectivity index (χ1v) is 7.44. The van der Waals surface area contributed by atoms with Crippen molar-refractivity contribution in [3.63, 3.8) is 0 Å². The molecular weight excluding hydrogens is 242 g/mol. The Morgan fingerprint density at radius 1 is 1.17 bits per heavy atom. The van der Waals surface area contributed by atoms with E-state index in [2.05, 4.69) is 26.0 Å². The van der Waals surface area contributed by atoms with Gasteiger partial charge in [0.15, 0.2) is 0 Å². The molecule has 0 amide bonds. The zero-order valence-corrected chi connectivity index (χ0v) is 12.2. The van der Waals surface area contributed by atoms with E-state index in [1.807, 2.05) is 12.1 Å². The standard InChI is InChI=1S/C16H24ClN/c1-11-3-6-14(9-12(11)2)16(18)10-13-4-7-15(17)8-5-13/h4-5,7-8,11-12,14,16H,3,6,9-10,18H2,1-2H3. The first-order chi connectivity index (χ1) is 8.56. The van der Waals surface area contributed by atoms with Gasteiger partial charge in [0.05, 0.1) is 0 Å². The molecule has 2 N–H and O–H groups in total. The van der Waals surface area contributed by atoms with Crippen LogP contribution in [0, 0.1) is 17.8 Å². The summed E-state index contributed by atoms with van der Waals surface area (Å²) in [5, 5.41) is 0.799. The summed E-state index contributed by atoms with van der Waals surface area (Å²) in [6, 6.07) is 8.39. The lowest BCUT2D eigenvalue weighted by molar-refractivity contribution is 0.185. The van der Waals surface area contributed by atoms with Crippen LogP contribution in [0.4, 0.5) is 0 Å². The van der Waals surface area contributed by atoms with Crippen LogP contribution in [-0.2, 0) is 6.42 Å². The third-order valence-corrected chi connectivity index (χ3v) is 4.88. The Morgan fingerprint density at radius 3 is 2.44 bits per heavy atom. The number of halogens is 1. The fourth-order valence-corrected chi connectivity index (χ4v) is 3.16. The van der Waals surface area contributed by atoms with Gasteiger partial charge in [0.25, 0.3) is 0 Å². The highest BCUT2D eigenvalue weighted by Crippen LogP contribution is 2.35.